The Balaban J connectivity index is 2.37. The third-order valence-corrected chi connectivity index (χ3v) is 3.22. The van der Waals surface area contributed by atoms with Crippen molar-refractivity contribution in [2.45, 2.75) is 12.8 Å². The average Bonchev–Trinajstić information content (AvgIpc) is 2.20. The molecule has 0 nitrogen and oxygen atoms in total. The van der Waals surface area contributed by atoms with Crippen molar-refractivity contribution in [3.63, 3.8) is 0 Å². The van der Waals surface area contributed by atoms with Crippen molar-refractivity contribution in [1.82, 2.24) is 0 Å². The predicted octanol–water partition coefficient (Wildman–Crippen LogP) is 4.32. The second kappa shape index (κ2) is 4.26. The molecular formula is C12H10FI. The van der Waals surface area contributed by atoms with E-state index in [4.69, 9.17) is 0 Å². The number of hydrogen-bond acceptors (Lipinski definition) is 0. The van der Waals surface area contributed by atoms with E-state index in [1.54, 1.807) is 6.07 Å². The first kappa shape index (κ1) is 9.90. The van der Waals surface area contributed by atoms with Crippen LogP contribution < -0.4 is 0 Å². The van der Waals surface area contributed by atoms with Crippen LogP contribution in [0.1, 0.15) is 18.4 Å². The number of halogens is 2. The lowest BCUT2D eigenvalue weighted by Gasteiger charge is -2.11. The molecular weight excluding hydrogens is 290 g/mol. The highest BCUT2D eigenvalue weighted by molar-refractivity contribution is 14.1. The van der Waals surface area contributed by atoms with Crippen molar-refractivity contribution in [2.75, 3.05) is 0 Å². The van der Waals surface area contributed by atoms with Gasteiger partial charge in [-0.15, -0.1) is 0 Å². The molecule has 1 aliphatic carbocycles. The lowest BCUT2D eigenvalue weighted by molar-refractivity contribution is 0.623. The first-order valence-corrected chi connectivity index (χ1v) is 5.65. The smallest absolute Gasteiger partial charge is 0.130 e. The molecule has 0 saturated heterocycles. The van der Waals surface area contributed by atoms with Gasteiger partial charge in [-0.25, -0.2) is 4.39 Å². The fourth-order valence-corrected chi connectivity index (χ4v) is 2.01. The van der Waals surface area contributed by atoms with Gasteiger partial charge in [-0.3, -0.25) is 0 Å². The molecule has 0 bridgehead atoms. The zero-order chi connectivity index (χ0) is 9.97. The number of benzene rings is 1. The van der Waals surface area contributed by atoms with Crippen molar-refractivity contribution in [3.05, 3.63) is 51.4 Å². The van der Waals surface area contributed by atoms with Gasteiger partial charge < -0.3 is 0 Å². The van der Waals surface area contributed by atoms with Gasteiger partial charge in [0.1, 0.15) is 5.82 Å². The van der Waals surface area contributed by atoms with Gasteiger partial charge in [-0.1, -0.05) is 30.4 Å². The van der Waals surface area contributed by atoms with E-state index >= 15 is 0 Å². The Hall–Kier alpha value is -0.640. The van der Waals surface area contributed by atoms with E-state index in [2.05, 4.69) is 28.7 Å². The maximum Gasteiger partial charge on any atom is 0.130 e. The lowest BCUT2D eigenvalue weighted by atomic mass is 9.97. The van der Waals surface area contributed by atoms with Crippen LogP contribution in [0.15, 0.2) is 40.0 Å². The molecule has 0 unspecified atom stereocenters. The largest absolute Gasteiger partial charge is 0.206 e. The average molecular weight is 300 g/mol. The van der Waals surface area contributed by atoms with Gasteiger partial charge in [-0.2, -0.15) is 0 Å². The van der Waals surface area contributed by atoms with Gasteiger partial charge in [0.2, 0.25) is 0 Å². The van der Waals surface area contributed by atoms with E-state index in [-0.39, 0.29) is 5.82 Å². The lowest BCUT2D eigenvalue weighted by Crippen LogP contribution is -1.93. The summed E-state index contributed by atoms with van der Waals surface area (Å²) in [6, 6.07) is 6.96. The van der Waals surface area contributed by atoms with Crippen LogP contribution in [0.4, 0.5) is 4.39 Å². The van der Waals surface area contributed by atoms with Crippen molar-refractivity contribution >= 4 is 28.2 Å². The van der Waals surface area contributed by atoms with E-state index in [9.17, 15) is 4.39 Å². The molecule has 14 heavy (non-hydrogen) atoms. The molecule has 1 aromatic rings. The summed E-state index contributed by atoms with van der Waals surface area (Å²) >= 11 is 2.32. The van der Waals surface area contributed by atoms with Crippen LogP contribution in [-0.4, -0.2) is 0 Å². The second-order valence-electron chi connectivity index (χ2n) is 3.29. The zero-order valence-electron chi connectivity index (χ0n) is 7.63. The minimum Gasteiger partial charge on any atom is -0.206 e. The van der Waals surface area contributed by atoms with Gasteiger partial charge in [0.25, 0.3) is 0 Å². The molecule has 0 saturated carbocycles. The molecule has 1 aromatic carbocycles. The Morgan fingerprint density at radius 3 is 2.50 bits per heavy atom. The second-order valence-corrected chi connectivity index (χ2v) is 4.67. The highest BCUT2D eigenvalue weighted by atomic mass is 127. The maximum absolute atomic E-state index is 13.4. The quantitative estimate of drug-likeness (QED) is 0.678. The third kappa shape index (κ3) is 2.05. The van der Waals surface area contributed by atoms with Gasteiger partial charge in [-0.05, 0) is 50.7 Å². The normalized spacial score (nSPS) is 16.1. The third-order valence-electron chi connectivity index (χ3n) is 2.32. The van der Waals surface area contributed by atoms with E-state index in [1.807, 2.05) is 18.2 Å². The van der Waals surface area contributed by atoms with Gasteiger partial charge in [0, 0.05) is 5.56 Å². The Bertz CT molecular complexity index is 405. The Morgan fingerprint density at radius 1 is 1.07 bits per heavy atom. The van der Waals surface area contributed by atoms with E-state index < -0.39 is 0 Å². The van der Waals surface area contributed by atoms with Crippen molar-refractivity contribution in [3.8, 4) is 0 Å². The fourth-order valence-electron chi connectivity index (χ4n) is 1.56. The summed E-state index contributed by atoms with van der Waals surface area (Å²) in [6.07, 6.45) is 6.05. The molecule has 2 rings (SSSR count). The zero-order valence-corrected chi connectivity index (χ0v) is 9.79. The van der Waals surface area contributed by atoms with Crippen molar-refractivity contribution < 1.29 is 4.39 Å². The van der Waals surface area contributed by atoms with Crippen LogP contribution in [0, 0.1) is 5.82 Å². The molecule has 72 valence electrons. The molecule has 0 aliphatic heterocycles. The number of rotatable bonds is 1. The number of allylic oxidation sites excluding steroid dienone is 4. The van der Waals surface area contributed by atoms with Gasteiger partial charge in [0.15, 0.2) is 0 Å². The summed E-state index contributed by atoms with van der Waals surface area (Å²) in [6.45, 7) is 0. The van der Waals surface area contributed by atoms with Crippen molar-refractivity contribution in [2.24, 2.45) is 0 Å². The first-order valence-electron chi connectivity index (χ1n) is 4.57. The molecule has 0 aromatic heterocycles. The SMILES string of the molecule is Fc1ccccc1C1=CC=C(I)CC1. The molecule has 0 radical (unpaired) electrons. The summed E-state index contributed by atoms with van der Waals surface area (Å²) in [4.78, 5) is 0. The highest BCUT2D eigenvalue weighted by Gasteiger charge is 2.09. The summed E-state index contributed by atoms with van der Waals surface area (Å²) in [5.74, 6) is -0.121. The monoisotopic (exact) mass is 300 g/mol. The Morgan fingerprint density at radius 2 is 1.86 bits per heavy atom. The Kier molecular flexibility index (Phi) is 3.01. The standard InChI is InChI=1S/C12H10FI/c13-12-4-2-1-3-11(12)9-5-7-10(14)8-6-9/h1-5,7H,6,8H2. The van der Waals surface area contributed by atoms with Crippen LogP contribution in [0.25, 0.3) is 5.57 Å². The van der Waals surface area contributed by atoms with Crippen LogP contribution in [-0.2, 0) is 0 Å². The molecule has 0 N–H and O–H groups in total. The topological polar surface area (TPSA) is 0 Å². The molecule has 0 spiro atoms. The Labute approximate surface area is 96.7 Å². The van der Waals surface area contributed by atoms with Crippen LogP contribution >= 0.6 is 22.6 Å². The van der Waals surface area contributed by atoms with E-state index in [0.717, 1.165) is 24.0 Å². The van der Waals surface area contributed by atoms with E-state index in [0.29, 0.717) is 0 Å². The maximum atomic E-state index is 13.4. The molecule has 1 aliphatic rings. The molecule has 0 fully saturated rings. The molecule has 0 heterocycles. The van der Waals surface area contributed by atoms with Crippen molar-refractivity contribution in [1.29, 1.82) is 0 Å². The van der Waals surface area contributed by atoms with Gasteiger partial charge >= 0.3 is 0 Å². The van der Waals surface area contributed by atoms with Crippen LogP contribution in [0.3, 0.4) is 0 Å². The minimum atomic E-state index is -0.121. The van der Waals surface area contributed by atoms with Gasteiger partial charge in [0.05, 0.1) is 0 Å². The summed E-state index contributed by atoms with van der Waals surface area (Å²) in [7, 11) is 0. The fraction of sp³-hybridized carbons (Fsp3) is 0.167. The van der Waals surface area contributed by atoms with E-state index in [1.165, 1.54) is 9.65 Å². The van der Waals surface area contributed by atoms with Crippen LogP contribution in [0.5, 0.6) is 0 Å². The highest BCUT2D eigenvalue weighted by Crippen LogP contribution is 2.30. The summed E-state index contributed by atoms with van der Waals surface area (Å²) in [5, 5.41) is 0. The molecule has 2 heteroatoms. The van der Waals surface area contributed by atoms with Crippen LogP contribution in [0.2, 0.25) is 0 Å². The molecule has 0 amide bonds. The molecule has 0 atom stereocenters. The first-order chi connectivity index (χ1) is 6.77. The summed E-state index contributed by atoms with van der Waals surface area (Å²) in [5.41, 5.74) is 1.84. The number of hydrogen-bond donors (Lipinski definition) is 0. The minimum absolute atomic E-state index is 0.121. The summed E-state index contributed by atoms with van der Waals surface area (Å²) < 4.78 is 14.7. The predicted molar refractivity (Wildman–Crippen MR) is 65.7 cm³/mol.